The Morgan fingerprint density at radius 1 is 1.27 bits per heavy atom. The summed E-state index contributed by atoms with van der Waals surface area (Å²) in [5.74, 6) is 0.255. The maximum absolute atomic E-state index is 12.4. The van der Waals surface area contributed by atoms with Gasteiger partial charge in [0.05, 0.1) is 6.42 Å². The minimum absolute atomic E-state index is 0. The average molecular weight is 389 g/mol. The van der Waals surface area contributed by atoms with Crippen LogP contribution < -0.4 is 5.32 Å². The first kappa shape index (κ1) is 17.7. The number of carbonyl (C=O) groups is 1. The summed E-state index contributed by atoms with van der Waals surface area (Å²) < 4.78 is 1.04. The molecule has 0 aromatic heterocycles. The molecule has 6 heteroatoms. The zero-order valence-electron chi connectivity index (χ0n) is 12.6. The van der Waals surface area contributed by atoms with Gasteiger partial charge in [0.2, 0.25) is 5.91 Å². The number of rotatable bonds is 3. The van der Waals surface area contributed by atoms with Crippen LogP contribution in [0.15, 0.2) is 28.7 Å². The van der Waals surface area contributed by atoms with Gasteiger partial charge in [-0.15, -0.1) is 12.4 Å². The maximum Gasteiger partial charge on any atom is 0.227 e. The highest BCUT2D eigenvalue weighted by molar-refractivity contribution is 9.10. The van der Waals surface area contributed by atoms with Crippen LogP contribution in [0.3, 0.4) is 0 Å². The number of nitrogens with zero attached hydrogens (tertiary/aromatic N) is 2. The largest absolute Gasteiger partial charge is 0.341 e. The van der Waals surface area contributed by atoms with E-state index in [0.29, 0.717) is 12.5 Å². The van der Waals surface area contributed by atoms with Gasteiger partial charge in [0.15, 0.2) is 0 Å². The van der Waals surface area contributed by atoms with E-state index in [0.717, 1.165) is 55.7 Å². The van der Waals surface area contributed by atoms with Crippen LogP contribution in [-0.2, 0) is 11.2 Å². The van der Waals surface area contributed by atoms with Crippen LogP contribution in [0.2, 0.25) is 0 Å². The van der Waals surface area contributed by atoms with E-state index in [-0.39, 0.29) is 18.3 Å². The molecular formula is C16H23BrClN3O. The van der Waals surface area contributed by atoms with Crippen molar-refractivity contribution >= 4 is 34.2 Å². The molecule has 22 heavy (non-hydrogen) atoms. The molecule has 122 valence electrons. The van der Waals surface area contributed by atoms with Crippen molar-refractivity contribution in [1.29, 1.82) is 0 Å². The van der Waals surface area contributed by atoms with Crippen LogP contribution in [0, 0.1) is 0 Å². The molecule has 2 heterocycles. The third-order valence-electron chi connectivity index (χ3n) is 4.43. The molecule has 4 nitrogen and oxygen atoms in total. The summed E-state index contributed by atoms with van der Waals surface area (Å²) >= 11 is 3.46. The van der Waals surface area contributed by atoms with E-state index in [9.17, 15) is 4.79 Å². The Hall–Kier alpha value is -0.620. The number of amides is 1. The van der Waals surface area contributed by atoms with E-state index in [4.69, 9.17) is 0 Å². The minimum Gasteiger partial charge on any atom is -0.341 e. The fourth-order valence-corrected chi connectivity index (χ4v) is 3.69. The van der Waals surface area contributed by atoms with Crippen LogP contribution in [0.25, 0.3) is 0 Å². The van der Waals surface area contributed by atoms with Gasteiger partial charge in [0.1, 0.15) is 0 Å². The molecule has 0 radical (unpaired) electrons. The van der Waals surface area contributed by atoms with Gasteiger partial charge in [-0.05, 0) is 24.1 Å². The molecule has 1 amide bonds. The van der Waals surface area contributed by atoms with Crippen molar-refractivity contribution in [2.24, 2.45) is 0 Å². The quantitative estimate of drug-likeness (QED) is 0.859. The summed E-state index contributed by atoms with van der Waals surface area (Å²) in [5, 5.41) is 3.38. The molecular weight excluding hydrogens is 366 g/mol. The third kappa shape index (κ3) is 4.44. The molecule has 1 aromatic carbocycles. The number of piperazine rings is 1. The number of halogens is 2. The molecule has 0 spiro atoms. The van der Waals surface area contributed by atoms with Crippen LogP contribution in [0.1, 0.15) is 12.0 Å². The second kappa shape index (κ2) is 8.29. The molecule has 1 aromatic rings. The van der Waals surface area contributed by atoms with E-state index in [2.05, 4.69) is 26.1 Å². The molecule has 2 aliphatic heterocycles. The van der Waals surface area contributed by atoms with E-state index in [1.807, 2.05) is 29.2 Å². The lowest BCUT2D eigenvalue weighted by molar-refractivity contribution is -0.129. The molecule has 0 saturated carbocycles. The molecule has 1 unspecified atom stereocenters. The maximum atomic E-state index is 12.4. The van der Waals surface area contributed by atoms with Crippen LogP contribution in [0.5, 0.6) is 0 Å². The SMILES string of the molecule is Cl.O=C(Cc1cccc(Br)c1)N1CCC(N2CCNCC2)C1. The van der Waals surface area contributed by atoms with Gasteiger partial charge >= 0.3 is 0 Å². The van der Waals surface area contributed by atoms with Crippen molar-refractivity contribution in [3.63, 3.8) is 0 Å². The van der Waals surface area contributed by atoms with Crippen molar-refractivity contribution in [2.75, 3.05) is 39.3 Å². The van der Waals surface area contributed by atoms with Crippen LogP contribution >= 0.6 is 28.3 Å². The Bertz CT molecular complexity index is 508. The summed E-state index contributed by atoms with van der Waals surface area (Å²) in [5.41, 5.74) is 1.08. The van der Waals surface area contributed by atoms with Crippen molar-refractivity contribution in [1.82, 2.24) is 15.1 Å². The second-order valence-corrected chi connectivity index (χ2v) is 6.79. The zero-order valence-corrected chi connectivity index (χ0v) is 15.0. The first-order valence-corrected chi connectivity index (χ1v) is 8.48. The molecule has 0 aliphatic carbocycles. The van der Waals surface area contributed by atoms with Crippen molar-refractivity contribution < 1.29 is 4.79 Å². The molecule has 0 bridgehead atoms. The van der Waals surface area contributed by atoms with E-state index in [1.165, 1.54) is 0 Å². The lowest BCUT2D eigenvalue weighted by Gasteiger charge is -2.32. The highest BCUT2D eigenvalue weighted by atomic mass is 79.9. The smallest absolute Gasteiger partial charge is 0.227 e. The van der Waals surface area contributed by atoms with E-state index < -0.39 is 0 Å². The highest BCUT2D eigenvalue weighted by Gasteiger charge is 2.30. The van der Waals surface area contributed by atoms with Gasteiger partial charge in [-0.1, -0.05) is 28.1 Å². The zero-order chi connectivity index (χ0) is 14.7. The van der Waals surface area contributed by atoms with Gasteiger partial charge in [-0.2, -0.15) is 0 Å². The van der Waals surface area contributed by atoms with E-state index >= 15 is 0 Å². The van der Waals surface area contributed by atoms with Crippen molar-refractivity contribution in [3.8, 4) is 0 Å². The predicted octanol–water partition coefficient (Wildman–Crippen LogP) is 1.92. The summed E-state index contributed by atoms with van der Waals surface area (Å²) in [6.45, 7) is 6.16. The Morgan fingerprint density at radius 3 is 2.77 bits per heavy atom. The normalized spacial score (nSPS) is 22.4. The molecule has 3 rings (SSSR count). The number of likely N-dealkylation sites (tertiary alicyclic amines) is 1. The number of hydrogen-bond donors (Lipinski definition) is 1. The topological polar surface area (TPSA) is 35.6 Å². The number of carbonyl (C=O) groups excluding carboxylic acids is 1. The lowest BCUT2D eigenvalue weighted by atomic mass is 10.1. The van der Waals surface area contributed by atoms with Crippen molar-refractivity contribution in [3.05, 3.63) is 34.3 Å². The lowest BCUT2D eigenvalue weighted by Crippen LogP contribution is -2.49. The monoisotopic (exact) mass is 387 g/mol. The summed E-state index contributed by atoms with van der Waals surface area (Å²) in [6.07, 6.45) is 1.62. The fraction of sp³-hybridized carbons (Fsp3) is 0.562. The van der Waals surface area contributed by atoms with Gasteiger partial charge in [0, 0.05) is 49.8 Å². The molecule has 2 aliphatic rings. The first-order chi connectivity index (χ1) is 10.2. The van der Waals surface area contributed by atoms with Gasteiger partial charge < -0.3 is 10.2 Å². The number of benzene rings is 1. The molecule has 1 atom stereocenters. The Balaban J connectivity index is 0.00000176. The average Bonchev–Trinajstić information content (AvgIpc) is 2.98. The fourth-order valence-electron chi connectivity index (χ4n) is 3.25. The van der Waals surface area contributed by atoms with Crippen LogP contribution in [-0.4, -0.2) is 61.0 Å². The van der Waals surface area contributed by atoms with Crippen molar-refractivity contribution in [2.45, 2.75) is 18.9 Å². The summed E-state index contributed by atoms with van der Waals surface area (Å²) in [6, 6.07) is 8.58. The minimum atomic E-state index is 0. The van der Waals surface area contributed by atoms with Crippen LogP contribution in [0.4, 0.5) is 0 Å². The molecule has 2 fully saturated rings. The summed E-state index contributed by atoms with van der Waals surface area (Å²) in [4.78, 5) is 17.0. The molecule has 1 N–H and O–H groups in total. The standard InChI is InChI=1S/C16H22BrN3O.ClH/c17-14-3-1-2-13(10-14)11-16(21)20-7-4-15(12-20)19-8-5-18-6-9-19;/h1-3,10,15,18H,4-9,11-12H2;1H. The number of hydrogen-bond acceptors (Lipinski definition) is 3. The first-order valence-electron chi connectivity index (χ1n) is 7.69. The highest BCUT2D eigenvalue weighted by Crippen LogP contribution is 2.18. The third-order valence-corrected chi connectivity index (χ3v) is 4.92. The van der Waals surface area contributed by atoms with Gasteiger partial charge in [-0.3, -0.25) is 9.69 Å². The predicted molar refractivity (Wildman–Crippen MR) is 94.5 cm³/mol. The van der Waals surface area contributed by atoms with Gasteiger partial charge in [-0.25, -0.2) is 0 Å². The Kier molecular flexibility index (Phi) is 6.68. The number of nitrogens with one attached hydrogen (secondary N) is 1. The summed E-state index contributed by atoms with van der Waals surface area (Å²) in [7, 11) is 0. The Labute approximate surface area is 146 Å². The Morgan fingerprint density at radius 2 is 2.05 bits per heavy atom. The second-order valence-electron chi connectivity index (χ2n) is 5.87. The van der Waals surface area contributed by atoms with Gasteiger partial charge in [0.25, 0.3) is 0 Å². The van der Waals surface area contributed by atoms with E-state index in [1.54, 1.807) is 0 Å². The molecule has 2 saturated heterocycles.